The smallest absolute Gasteiger partial charge is 0.299 e. The molecule has 1 aliphatic carbocycles. The zero-order valence-electron chi connectivity index (χ0n) is 17.1. The van der Waals surface area contributed by atoms with Crippen LogP contribution in [-0.2, 0) is 9.53 Å². The largest absolute Gasteiger partial charge is 0.417 e. The first-order chi connectivity index (χ1) is 15.8. The van der Waals surface area contributed by atoms with E-state index in [0.29, 0.717) is 12.0 Å². The first kappa shape index (κ1) is 19.3. The average molecular weight is 414 g/mol. The molecule has 32 heavy (non-hydrogen) atoms. The van der Waals surface area contributed by atoms with Crippen LogP contribution in [0.2, 0.25) is 0 Å². The summed E-state index contributed by atoms with van der Waals surface area (Å²) >= 11 is 0. The van der Waals surface area contributed by atoms with Crippen molar-refractivity contribution in [2.45, 2.75) is 0 Å². The Labute approximate surface area is 186 Å². The lowest BCUT2D eigenvalue weighted by atomic mass is 10.0. The molecule has 0 aliphatic heterocycles. The Kier molecular flexibility index (Phi) is 4.99. The van der Waals surface area contributed by atoms with Gasteiger partial charge in [0.05, 0.1) is 0 Å². The predicted octanol–water partition coefficient (Wildman–Crippen LogP) is 6.59. The Hall–Kier alpha value is -4.62. The summed E-state index contributed by atoms with van der Waals surface area (Å²) in [5.41, 5.74) is 7.36. The fraction of sp³-hybridized carbons (Fsp3) is 0. The Balaban J connectivity index is 1.75. The maximum absolute atomic E-state index is 11.1. The van der Waals surface area contributed by atoms with Gasteiger partial charge in [0.1, 0.15) is 6.07 Å². The minimum absolute atomic E-state index is 0.00526. The van der Waals surface area contributed by atoms with Crippen LogP contribution >= 0.6 is 0 Å². The summed E-state index contributed by atoms with van der Waals surface area (Å²) < 4.78 is 5.08. The Bertz CT molecular complexity index is 1330. The number of ether oxygens (including phenoxy) is 1. The van der Waals surface area contributed by atoms with Gasteiger partial charge in [0, 0.05) is 22.6 Å². The number of nitrogens with zero attached hydrogens (tertiary/aromatic N) is 2. The van der Waals surface area contributed by atoms with Crippen molar-refractivity contribution in [3.8, 4) is 17.2 Å². The number of allylic oxidation sites excluding steroid dienone is 1. The van der Waals surface area contributed by atoms with Crippen LogP contribution in [0.3, 0.4) is 0 Å². The molecule has 0 saturated heterocycles. The molecule has 5 rings (SSSR count). The molecule has 4 nitrogen and oxygen atoms in total. The molecule has 0 fully saturated rings. The minimum atomic E-state index is -0.00526. The molecular weight excluding hydrogens is 396 g/mol. The van der Waals surface area contributed by atoms with Gasteiger partial charge in [-0.05, 0) is 58.7 Å². The van der Waals surface area contributed by atoms with Gasteiger partial charge in [0.25, 0.3) is 6.47 Å². The number of carbonyl (C=O) groups is 1. The van der Waals surface area contributed by atoms with E-state index in [1.807, 2.05) is 60.7 Å². The van der Waals surface area contributed by atoms with Crippen molar-refractivity contribution in [3.05, 3.63) is 120 Å². The van der Waals surface area contributed by atoms with Crippen molar-refractivity contribution in [2.75, 3.05) is 4.90 Å². The highest BCUT2D eigenvalue weighted by Crippen LogP contribution is 2.48. The van der Waals surface area contributed by atoms with Crippen LogP contribution in [-0.4, -0.2) is 6.47 Å². The van der Waals surface area contributed by atoms with Gasteiger partial charge >= 0.3 is 0 Å². The Morgan fingerprint density at radius 3 is 1.84 bits per heavy atom. The molecule has 0 aromatic heterocycles. The molecule has 1 aliphatic rings. The fourth-order valence-corrected chi connectivity index (χ4v) is 4.23. The molecule has 0 amide bonds. The van der Waals surface area contributed by atoms with Crippen molar-refractivity contribution < 1.29 is 9.53 Å². The third-order valence-electron chi connectivity index (χ3n) is 5.54. The maximum Gasteiger partial charge on any atom is 0.299 e. The molecule has 0 spiro atoms. The summed E-state index contributed by atoms with van der Waals surface area (Å²) in [6.07, 6.45) is 0. The Morgan fingerprint density at radius 1 is 0.688 bits per heavy atom. The van der Waals surface area contributed by atoms with E-state index >= 15 is 0 Å². The summed E-state index contributed by atoms with van der Waals surface area (Å²) in [6, 6.07) is 36.3. The van der Waals surface area contributed by atoms with Crippen LogP contribution < -0.4 is 4.90 Å². The lowest BCUT2D eigenvalue weighted by Gasteiger charge is -2.26. The molecule has 152 valence electrons. The molecule has 0 bridgehead atoms. The number of hydrogen-bond acceptors (Lipinski definition) is 4. The van der Waals surface area contributed by atoms with E-state index in [9.17, 15) is 10.1 Å². The summed E-state index contributed by atoms with van der Waals surface area (Å²) in [4.78, 5) is 13.2. The number of para-hydroxylation sites is 2. The number of anilines is 3. The highest BCUT2D eigenvalue weighted by atomic mass is 16.5. The Morgan fingerprint density at radius 2 is 1.25 bits per heavy atom. The number of nitriles is 1. The fourth-order valence-electron chi connectivity index (χ4n) is 4.23. The second kappa shape index (κ2) is 8.25. The van der Waals surface area contributed by atoms with E-state index in [-0.39, 0.29) is 5.76 Å². The zero-order chi connectivity index (χ0) is 21.9. The average Bonchev–Trinajstić information content (AvgIpc) is 3.18. The number of fused-ring (bicyclic) bond motifs is 3. The van der Waals surface area contributed by atoms with Crippen molar-refractivity contribution in [1.29, 1.82) is 5.26 Å². The van der Waals surface area contributed by atoms with Crippen LogP contribution in [0.15, 0.2) is 109 Å². The predicted molar refractivity (Wildman–Crippen MR) is 125 cm³/mol. The lowest BCUT2D eigenvalue weighted by molar-refractivity contribution is -0.124. The SMILES string of the molecule is N#CC(OC=O)=C1c2ccccc2-c2ccc(N(c3ccccc3)c3ccccc3)cc21. The van der Waals surface area contributed by atoms with E-state index in [1.165, 1.54) is 0 Å². The second-order valence-corrected chi connectivity index (χ2v) is 7.31. The molecular formula is C28H18N2O2. The van der Waals surface area contributed by atoms with Gasteiger partial charge in [-0.1, -0.05) is 66.7 Å². The summed E-state index contributed by atoms with van der Waals surface area (Å²) in [7, 11) is 0. The first-order valence-corrected chi connectivity index (χ1v) is 10.2. The van der Waals surface area contributed by atoms with Crippen LogP contribution in [0.25, 0.3) is 16.7 Å². The minimum Gasteiger partial charge on any atom is -0.417 e. The van der Waals surface area contributed by atoms with Crippen LogP contribution in [0, 0.1) is 11.3 Å². The molecule has 0 unspecified atom stereocenters. The summed E-state index contributed by atoms with van der Waals surface area (Å²) in [6.45, 7) is 0.302. The van der Waals surface area contributed by atoms with Gasteiger partial charge in [-0.3, -0.25) is 4.79 Å². The van der Waals surface area contributed by atoms with Gasteiger partial charge in [-0.15, -0.1) is 0 Å². The van der Waals surface area contributed by atoms with E-state index in [1.54, 1.807) is 0 Å². The van der Waals surface area contributed by atoms with Crippen molar-refractivity contribution >= 4 is 29.1 Å². The molecule has 4 aromatic rings. The van der Waals surface area contributed by atoms with E-state index in [4.69, 9.17) is 4.74 Å². The third-order valence-corrected chi connectivity index (χ3v) is 5.54. The van der Waals surface area contributed by atoms with Crippen molar-refractivity contribution in [3.63, 3.8) is 0 Å². The first-order valence-electron chi connectivity index (χ1n) is 10.2. The van der Waals surface area contributed by atoms with Crippen LogP contribution in [0.1, 0.15) is 11.1 Å². The zero-order valence-corrected chi connectivity index (χ0v) is 17.1. The van der Waals surface area contributed by atoms with Gasteiger partial charge in [-0.25, -0.2) is 0 Å². The van der Waals surface area contributed by atoms with Gasteiger partial charge in [0.15, 0.2) is 0 Å². The number of rotatable bonds is 5. The van der Waals surface area contributed by atoms with Crippen molar-refractivity contribution in [2.24, 2.45) is 0 Å². The molecule has 4 heteroatoms. The van der Waals surface area contributed by atoms with Crippen LogP contribution in [0.4, 0.5) is 17.1 Å². The molecule has 0 N–H and O–H groups in total. The maximum atomic E-state index is 11.1. The topological polar surface area (TPSA) is 53.3 Å². The number of benzene rings is 4. The van der Waals surface area contributed by atoms with E-state index in [2.05, 4.69) is 53.4 Å². The van der Waals surface area contributed by atoms with E-state index < -0.39 is 0 Å². The standard InChI is InChI=1S/C28H18N2O2/c29-18-27(32-19-31)28-25-14-8-7-13-23(25)24-16-15-22(17-26(24)28)30(20-9-3-1-4-10-20)21-11-5-2-6-12-21/h1-17,19H. The highest BCUT2D eigenvalue weighted by molar-refractivity contribution is 6.04. The third kappa shape index (κ3) is 3.23. The molecule has 0 heterocycles. The van der Waals surface area contributed by atoms with Crippen molar-refractivity contribution in [1.82, 2.24) is 0 Å². The highest BCUT2D eigenvalue weighted by Gasteiger charge is 2.28. The van der Waals surface area contributed by atoms with Gasteiger partial charge in [0.2, 0.25) is 5.76 Å². The summed E-state index contributed by atoms with van der Waals surface area (Å²) in [5, 5.41) is 9.70. The quantitative estimate of drug-likeness (QED) is 0.185. The van der Waals surface area contributed by atoms with E-state index in [0.717, 1.165) is 39.3 Å². The number of hydrogen-bond donors (Lipinski definition) is 0. The van der Waals surface area contributed by atoms with Gasteiger partial charge in [-0.2, -0.15) is 5.26 Å². The molecule has 0 atom stereocenters. The van der Waals surface area contributed by atoms with Crippen LogP contribution in [0.5, 0.6) is 0 Å². The second-order valence-electron chi connectivity index (χ2n) is 7.31. The lowest BCUT2D eigenvalue weighted by Crippen LogP contribution is -2.10. The monoisotopic (exact) mass is 414 g/mol. The summed E-state index contributed by atoms with van der Waals surface area (Å²) in [5.74, 6) is -0.00526. The molecule has 0 radical (unpaired) electrons. The van der Waals surface area contributed by atoms with Gasteiger partial charge < -0.3 is 9.64 Å². The normalized spacial score (nSPS) is 12.8. The molecule has 0 saturated carbocycles. The molecule has 4 aromatic carbocycles. The number of carbonyl (C=O) groups excluding carboxylic acids is 1.